The van der Waals surface area contributed by atoms with Crippen molar-refractivity contribution in [2.75, 3.05) is 25.0 Å². The lowest BCUT2D eigenvalue weighted by Gasteiger charge is -2.38. The molecule has 1 heterocycles. The first-order valence-corrected chi connectivity index (χ1v) is 8.05. The summed E-state index contributed by atoms with van der Waals surface area (Å²) in [5, 5.41) is 2.85. The molecule has 1 saturated heterocycles. The van der Waals surface area contributed by atoms with Gasteiger partial charge in [-0.2, -0.15) is 0 Å². The maximum atomic E-state index is 13.4. The number of halogens is 1. The number of rotatable bonds is 5. The van der Waals surface area contributed by atoms with Gasteiger partial charge in [0.15, 0.2) is 18.2 Å². The summed E-state index contributed by atoms with van der Waals surface area (Å²) in [4.78, 5) is 25.7. The van der Waals surface area contributed by atoms with Crippen molar-refractivity contribution in [2.45, 2.75) is 6.92 Å². The molecule has 130 valence electrons. The second-order valence-electron chi connectivity index (χ2n) is 6.07. The number of anilines is 1. The third-order valence-electron chi connectivity index (χ3n) is 4.08. The topological polar surface area (TPSA) is 58.6 Å². The molecule has 0 aliphatic carbocycles. The molecule has 2 amide bonds. The van der Waals surface area contributed by atoms with Gasteiger partial charge in [0.2, 0.25) is 5.91 Å². The predicted octanol–water partition coefficient (Wildman–Crippen LogP) is 2.61. The fourth-order valence-corrected chi connectivity index (χ4v) is 2.61. The first-order chi connectivity index (χ1) is 12.0. The van der Waals surface area contributed by atoms with Crippen LogP contribution in [-0.4, -0.2) is 36.4 Å². The van der Waals surface area contributed by atoms with Crippen LogP contribution < -0.4 is 10.1 Å². The number of amides is 2. The van der Waals surface area contributed by atoms with E-state index in [1.54, 1.807) is 12.1 Å². The van der Waals surface area contributed by atoms with Crippen LogP contribution in [0.5, 0.6) is 5.75 Å². The lowest BCUT2D eigenvalue weighted by Crippen LogP contribution is -2.55. The molecule has 2 aromatic rings. The van der Waals surface area contributed by atoms with Crippen LogP contribution in [0.25, 0.3) is 0 Å². The maximum absolute atomic E-state index is 13.4. The number of carbonyl (C=O) groups is 2. The Hall–Kier alpha value is -2.89. The molecule has 2 aromatic carbocycles. The van der Waals surface area contributed by atoms with Crippen LogP contribution in [0.2, 0.25) is 0 Å². The summed E-state index contributed by atoms with van der Waals surface area (Å²) in [6, 6.07) is 13.5. The van der Waals surface area contributed by atoms with Gasteiger partial charge in [0.1, 0.15) is 0 Å². The summed E-state index contributed by atoms with van der Waals surface area (Å²) in [6.45, 7) is 2.40. The SMILES string of the molecule is Cc1cccc(NC(=O)C2CN(C(=O)COc3ccccc3F)C2)c1. The van der Waals surface area contributed by atoms with Crippen LogP contribution in [0.1, 0.15) is 5.56 Å². The number of carbonyl (C=O) groups excluding carboxylic acids is 2. The predicted molar refractivity (Wildman–Crippen MR) is 91.8 cm³/mol. The molecule has 0 saturated carbocycles. The van der Waals surface area contributed by atoms with Crippen LogP contribution in [0.15, 0.2) is 48.5 Å². The Kier molecular flexibility index (Phi) is 4.97. The number of hydrogen-bond acceptors (Lipinski definition) is 3. The number of nitrogens with zero attached hydrogens (tertiary/aromatic N) is 1. The van der Waals surface area contributed by atoms with Gasteiger partial charge in [-0.3, -0.25) is 9.59 Å². The van der Waals surface area contributed by atoms with Crippen LogP contribution in [0.3, 0.4) is 0 Å². The number of likely N-dealkylation sites (tertiary alicyclic amines) is 1. The fraction of sp³-hybridized carbons (Fsp3) is 0.263. The normalized spacial score (nSPS) is 13.9. The van der Waals surface area contributed by atoms with E-state index >= 15 is 0 Å². The van der Waals surface area contributed by atoms with Crippen LogP contribution in [0, 0.1) is 18.7 Å². The van der Waals surface area contributed by atoms with Gasteiger partial charge in [-0.15, -0.1) is 0 Å². The van der Waals surface area contributed by atoms with Gasteiger partial charge in [0.05, 0.1) is 5.92 Å². The van der Waals surface area contributed by atoms with Crippen LogP contribution in [0.4, 0.5) is 10.1 Å². The van der Waals surface area contributed by atoms with Crippen LogP contribution in [-0.2, 0) is 9.59 Å². The summed E-state index contributed by atoms with van der Waals surface area (Å²) in [5.41, 5.74) is 1.81. The van der Waals surface area contributed by atoms with E-state index in [0.29, 0.717) is 13.1 Å². The third kappa shape index (κ3) is 4.15. The van der Waals surface area contributed by atoms with E-state index in [1.807, 2.05) is 31.2 Å². The minimum atomic E-state index is -0.505. The summed E-state index contributed by atoms with van der Waals surface area (Å²) >= 11 is 0. The Labute approximate surface area is 145 Å². The second kappa shape index (κ2) is 7.34. The molecule has 0 aromatic heterocycles. The summed E-state index contributed by atoms with van der Waals surface area (Å²) in [7, 11) is 0. The smallest absolute Gasteiger partial charge is 0.260 e. The Morgan fingerprint density at radius 2 is 1.96 bits per heavy atom. The second-order valence-corrected chi connectivity index (χ2v) is 6.07. The summed E-state index contributed by atoms with van der Waals surface area (Å²) in [5.74, 6) is -1.06. The highest BCUT2D eigenvalue weighted by molar-refractivity contribution is 5.94. The molecule has 1 N–H and O–H groups in total. The zero-order valence-corrected chi connectivity index (χ0v) is 13.9. The summed E-state index contributed by atoms with van der Waals surface area (Å²) < 4.78 is 18.6. The highest BCUT2D eigenvalue weighted by atomic mass is 19.1. The van der Waals surface area contributed by atoms with Crippen molar-refractivity contribution in [3.63, 3.8) is 0 Å². The number of aryl methyl sites for hydroxylation is 1. The maximum Gasteiger partial charge on any atom is 0.260 e. The van der Waals surface area contributed by atoms with Gasteiger partial charge in [-0.25, -0.2) is 4.39 Å². The molecule has 0 radical (unpaired) electrons. The van der Waals surface area contributed by atoms with Gasteiger partial charge >= 0.3 is 0 Å². The van der Waals surface area contributed by atoms with Crippen molar-refractivity contribution in [3.05, 3.63) is 59.9 Å². The number of para-hydroxylation sites is 1. The Bertz CT molecular complexity index is 788. The highest BCUT2D eigenvalue weighted by Crippen LogP contribution is 2.20. The molecule has 0 spiro atoms. The molecule has 0 atom stereocenters. The Morgan fingerprint density at radius 3 is 2.68 bits per heavy atom. The first-order valence-electron chi connectivity index (χ1n) is 8.05. The molecule has 5 nitrogen and oxygen atoms in total. The molecular weight excluding hydrogens is 323 g/mol. The van der Waals surface area contributed by atoms with Gasteiger partial charge in [0, 0.05) is 18.8 Å². The van der Waals surface area contributed by atoms with Crippen LogP contribution >= 0.6 is 0 Å². The van der Waals surface area contributed by atoms with Crippen molar-refractivity contribution < 1.29 is 18.7 Å². The molecule has 0 unspecified atom stereocenters. The van der Waals surface area contributed by atoms with E-state index in [2.05, 4.69) is 5.32 Å². The Balaban J connectivity index is 1.44. The fourth-order valence-electron chi connectivity index (χ4n) is 2.61. The standard InChI is InChI=1S/C19H19FN2O3/c1-13-5-4-6-15(9-13)21-19(24)14-10-22(11-14)18(23)12-25-17-8-3-2-7-16(17)20/h2-9,14H,10-12H2,1H3,(H,21,24). The van der Waals surface area contributed by atoms with E-state index in [-0.39, 0.29) is 30.1 Å². The largest absolute Gasteiger partial charge is 0.481 e. The van der Waals surface area contributed by atoms with Crippen molar-refractivity contribution in [1.82, 2.24) is 4.90 Å². The average molecular weight is 342 g/mol. The number of nitrogens with one attached hydrogen (secondary N) is 1. The van der Waals surface area contributed by atoms with Gasteiger partial charge < -0.3 is 15.0 Å². The molecule has 1 aliphatic rings. The third-order valence-corrected chi connectivity index (χ3v) is 4.08. The molecular formula is C19H19FN2O3. The highest BCUT2D eigenvalue weighted by Gasteiger charge is 2.35. The molecule has 0 bridgehead atoms. The average Bonchev–Trinajstić information content (AvgIpc) is 2.52. The molecule has 1 aliphatic heterocycles. The quantitative estimate of drug-likeness (QED) is 0.909. The van der Waals surface area contributed by atoms with Gasteiger partial charge in [0.25, 0.3) is 5.91 Å². The number of hydrogen-bond donors (Lipinski definition) is 1. The van der Waals surface area contributed by atoms with Crippen molar-refractivity contribution in [1.29, 1.82) is 0 Å². The van der Waals surface area contributed by atoms with Crippen molar-refractivity contribution in [3.8, 4) is 5.75 Å². The summed E-state index contributed by atoms with van der Waals surface area (Å²) in [6.07, 6.45) is 0. The zero-order chi connectivity index (χ0) is 17.8. The Morgan fingerprint density at radius 1 is 1.20 bits per heavy atom. The molecule has 3 rings (SSSR count). The number of benzene rings is 2. The lowest BCUT2D eigenvalue weighted by molar-refractivity contribution is -0.143. The van der Waals surface area contributed by atoms with Crippen molar-refractivity contribution in [2.24, 2.45) is 5.92 Å². The van der Waals surface area contributed by atoms with Gasteiger partial charge in [-0.1, -0.05) is 24.3 Å². The molecule has 25 heavy (non-hydrogen) atoms. The lowest BCUT2D eigenvalue weighted by atomic mass is 9.99. The van der Waals surface area contributed by atoms with Gasteiger partial charge in [-0.05, 0) is 36.8 Å². The molecule has 6 heteroatoms. The van der Waals surface area contributed by atoms with Crippen molar-refractivity contribution >= 4 is 17.5 Å². The van der Waals surface area contributed by atoms with E-state index in [1.165, 1.54) is 17.0 Å². The monoisotopic (exact) mass is 342 g/mol. The van der Waals surface area contributed by atoms with E-state index < -0.39 is 5.82 Å². The first kappa shape index (κ1) is 17.0. The van der Waals surface area contributed by atoms with E-state index in [0.717, 1.165) is 11.3 Å². The number of ether oxygens (including phenoxy) is 1. The minimum absolute atomic E-state index is 0.0464. The van der Waals surface area contributed by atoms with E-state index in [9.17, 15) is 14.0 Å². The molecule has 1 fully saturated rings. The minimum Gasteiger partial charge on any atom is -0.481 e. The zero-order valence-electron chi connectivity index (χ0n) is 13.9. The van der Waals surface area contributed by atoms with E-state index in [4.69, 9.17) is 4.74 Å².